The molecule has 0 saturated heterocycles. The van der Waals surface area contributed by atoms with Crippen LogP contribution >= 0.6 is 0 Å². The number of nitrogens with zero attached hydrogens (tertiary/aromatic N) is 3. The van der Waals surface area contributed by atoms with Gasteiger partial charge < -0.3 is 15.4 Å². The van der Waals surface area contributed by atoms with E-state index in [2.05, 4.69) is 57.3 Å². The summed E-state index contributed by atoms with van der Waals surface area (Å²) in [6, 6.07) is 0.388. The lowest BCUT2D eigenvalue weighted by Gasteiger charge is -2.23. The van der Waals surface area contributed by atoms with Crippen molar-refractivity contribution in [2.75, 3.05) is 20.3 Å². The maximum atomic E-state index is 5.16. The Morgan fingerprint density at radius 2 is 2.00 bits per heavy atom. The Morgan fingerprint density at radius 3 is 2.58 bits per heavy atom. The monoisotopic (exact) mass is 365 g/mol. The fraction of sp³-hybridized carbons (Fsp3) is 0.800. The zero-order valence-electron chi connectivity index (χ0n) is 18.1. The minimum absolute atomic E-state index is 0.358. The summed E-state index contributed by atoms with van der Waals surface area (Å²) in [5.41, 5.74) is 3.76. The number of guanidine groups is 1. The summed E-state index contributed by atoms with van der Waals surface area (Å²) in [6.45, 7) is 18.2. The Bertz CT molecular complexity index is 571. The van der Waals surface area contributed by atoms with Crippen LogP contribution in [0.15, 0.2) is 4.99 Å². The summed E-state index contributed by atoms with van der Waals surface area (Å²) >= 11 is 0. The summed E-state index contributed by atoms with van der Waals surface area (Å²) in [7, 11) is 1.71. The zero-order chi connectivity index (χ0) is 19.7. The number of rotatable bonds is 9. The third-order valence-corrected chi connectivity index (χ3v) is 4.49. The van der Waals surface area contributed by atoms with E-state index in [1.54, 1.807) is 7.11 Å². The predicted molar refractivity (Wildman–Crippen MR) is 110 cm³/mol. The number of methoxy groups -OCH3 is 1. The van der Waals surface area contributed by atoms with Crippen LogP contribution in [0.1, 0.15) is 64.4 Å². The lowest BCUT2D eigenvalue weighted by Crippen LogP contribution is -2.42. The highest BCUT2D eigenvalue weighted by Crippen LogP contribution is 2.21. The average Bonchev–Trinajstić information content (AvgIpc) is 2.82. The first-order chi connectivity index (χ1) is 12.2. The molecule has 0 saturated carbocycles. The molecule has 6 nitrogen and oxygen atoms in total. The maximum Gasteiger partial charge on any atom is 0.191 e. The van der Waals surface area contributed by atoms with E-state index in [1.807, 2.05) is 11.6 Å². The second-order valence-electron chi connectivity index (χ2n) is 8.21. The van der Waals surface area contributed by atoms with Gasteiger partial charge in [-0.15, -0.1) is 0 Å². The summed E-state index contributed by atoms with van der Waals surface area (Å²) in [4.78, 5) is 4.79. The van der Waals surface area contributed by atoms with Crippen molar-refractivity contribution in [1.82, 2.24) is 20.4 Å². The van der Waals surface area contributed by atoms with Crippen LogP contribution < -0.4 is 10.6 Å². The van der Waals surface area contributed by atoms with Gasteiger partial charge in [0.15, 0.2) is 5.96 Å². The third kappa shape index (κ3) is 7.77. The number of hydrogen-bond donors (Lipinski definition) is 2. The van der Waals surface area contributed by atoms with Crippen LogP contribution in [0.5, 0.6) is 0 Å². The molecule has 1 aromatic heterocycles. The van der Waals surface area contributed by atoms with E-state index in [0.717, 1.165) is 31.2 Å². The van der Waals surface area contributed by atoms with Gasteiger partial charge in [0.25, 0.3) is 0 Å². The van der Waals surface area contributed by atoms with Crippen LogP contribution in [0, 0.1) is 19.3 Å². The minimum Gasteiger partial charge on any atom is -0.383 e. The first-order valence-electron chi connectivity index (χ1n) is 9.74. The summed E-state index contributed by atoms with van der Waals surface area (Å²) in [5, 5.41) is 11.5. The molecule has 0 aliphatic heterocycles. The quantitative estimate of drug-likeness (QED) is 0.520. The summed E-state index contributed by atoms with van der Waals surface area (Å²) in [6.07, 6.45) is 2.31. The fourth-order valence-corrected chi connectivity index (χ4v) is 2.79. The van der Waals surface area contributed by atoms with Crippen LogP contribution in [0.4, 0.5) is 0 Å². The van der Waals surface area contributed by atoms with Crippen molar-refractivity contribution in [2.45, 2.75) is 80.4 Å². The van der Waals surface area contributed by atoms with Crippen LogP contribution in [0.2, 0.25) is 0 Å². The molecule has 0 fully saturated rings. The van der Waals surface area contributed by atoms with Gasteiger partial charge in [0.1, 0.15) is 0 Å². The normalized spacial score (nSPS) is 13.8. The Labute approximate surface area is 159 Å². The van der Waals surface area contributed by atoms with Crippen molar-refractivity contribution in [1.29, 1.82) is 0 Å². The number of aliphatic imine (C=N–C) groups is 1. The molecule has 0 spiro atoms. The lowest BCUT2D eigenvalue weighted by atomic mass is 9.89. The Balaban J connectivity index is 2.75. The Kier molecular flexibility index (Phi) is 9.13. The number of aryl methyl sites for hydroxylation is 1. The summed E-state index contributed by atoms with van der Waals surface area (Å²) < 4.78 is 7.17. The van der Waals surface area contributed by atoms with E-state index in [1.165, 1.54) is 17.7 Å². The van der Waals surface area contributed by atoms with Crippen LogP contribution in [0.25, 0.3) is 0 Å². The number of ether oxygens (including phenoxy) is 1. The molecule has 0 aromatic carbocycles. The molecule has 0 aliphatic rings. The number of hydrogen-bond acceptors (Lipinski definition) is 3. The number of nitrogens with one attached hydrogen (secondary N) is 2. The molecule has 0 aliphatic carbocycles. The summed E-state index contributed by atoms with van der Waals surface area (Å²) in [5.74, 6) is 0.873. The molecule has 0 amide bonds. The SMILES string of the molecule is CCNC(=NCc1c(C)nn(CCOC)c1C)NC(C)CCC(C)(C)C. The highest BCUT2D eigenvalue weighted by atomic mass is 16.5. The molecule has 1 rings (SSSR count). The molecule has 1 unspecified atom stereocenters. The van der Waals surface area contributed by atoms with Crippen molar-refractivity contribution in [3.05, 3.63) is 17.0 Å². The van der Waals surface area contributed by atoms with Gasteiger partial charge >= 0.3 is 0 Å². The van der Waals surface area contributed by atoms with Crippen molar-refractivity contribution in [3.8, 4) is 0 Å². The van der Waals surface area contributed by atoms with Crippen molar-refractivity contribution >= 4 is 5.96 Å². The molecule has 1 heterocycles. The molecule has 2 N–H and O–H groups in total. The van der Waals surface area contributed by atoms with Gasteiger partial charge in [-0.1, -0.05) is 20.8 Å². The Morgan fingerprint density at radius 1 is 1.31 bits per heavy atom. The minimum atomic E-state index is 0.358. The molecular formula is C20H39N5O. The topological polar surface area (TPSA) is 63.5 Å². The second kappa shape index (κ2) is 10.6. The standard InChI is InChI=1S/C20H39N5O/c1-9-21-19(23-15(2)10-11-20(5,6)7)22-14-18-16(3)24-25(17(18)4)12-13-26-8/h15H,9-14H2,1-8H3,(H2,21,22,23). The highest BCUT2D eigenvalue weighted by molar-refractivity contribution is 5.80. The van der Waals surface area contributed by atoms with Gasteiger partial charge in [-0.05, 0) is 46.0 Å². The van der Waals surface area contributed by atoms with Gasteiger partial charge in [-0.3, -0.25) is 4.68 Å². The molecule has 150 valence electrons. The van der Waals surface area contributed by atoms with Crippen molar-refractivity contribution in [2.24, 2.45) is 10.4 Å². The first kappa shape index (κ1) is 22.5. The van der Waals surface area contributed by atoms with Crippen molar-refractivity contribution < 1.29 is 4.74 Å². The molecule has 0 radical (unpaired) electrons. The molecule has 1 atom stereocenters. The van der Waals surface area contributed by atoms with Gasteiger partial charge in [-0.2, -0.15) is 5.10 Å². The fourth-order valence-electron chi connectivity index (χ4n) is 2.79. The molecule has 6 heteroatoms. The maximum absolute atomic E-state index is 5.16. The third-order valence-electron chi connectivity index (χ3n) is 4.49. The van der Waals surface area contributed by atoms with Crippen molar-refractivity contribution in [3.63, 3.8) is 0 Å². The lowest BCUT2D eigenvalue weighted by molar-refractivity contribution is 0.182. The van der Waals surface area contributed by atoms with E-state index >= 15 is 0 Å². The number of aromatic nitrogens is 2. The van der Waals surface area contributed by atoms with E-state index in [4.69, 9.17) is 9.73 Å². The van der Waals surface area contributed by atoms with Crippen LogP contribution in [0.3, 0.4) is 0 Å². The highest BCUT2D eigenvalue weighted by Gasteiger charge is 2.14. The molecule has 0 bridgehead atoms. The average molecular weight is 366 g/mol. The Hall–Kier alpha value is -1.56. The van der Waals surface area contributed by atoms with E-state index in [9.17, 15) is 0 Å². The molecular weight excluding hydrogens is 326 g/mol. The largest absolute Gasteiger partial charge is 0.383 e. The van der Waals surface area contributed by atoms with Gasteiger partial charge in [0, 0.05) is 31.0 Å². The van der Waals surface area contributed by atoms with E-state index < -0.39 is 0 Å². The molecule has 26 heavy (non-hydrogen) atoms. The van der Waals surface area contributed by atoms with E-state index in [-0.39, 0.29) is 0 Å². The van der Waals surface area contributed by atoms with E-state index in [0.29, 0.717) is 24.6 Å². The van der Waals surface area contributed by atoms with Gasteiger partial charge in [-0.25, -0.2) is 4.99 Å². The van der Waals surface area contributed by atoms with Crippen LogP contribution in [-0.4, -0.2) is 42.0 Å². The zero-order valence-corrected chi connectivity index (χ0v) is 18.1. The predicted octanol–water partition coefficient (Wildman–Crippen LogP) is 3.42. The van der Waals surface area contributed by atoms with Gasteiger partial charge in [0.05, 0.1) is 25.4 Å². The molecule has 1 aromatic rings. The second-order valence-corrected chi connectivity index (χ2v) is 8.21. The first-order valence-corrected chi connectivity index (χ1v) is 9.74. The smallest absolute Gasteiger partial charge is 0.191 e. The van der Waals surface area contributed by atoms with Gasteiger partial charge in [0.2, 0.25) is 0 Å². The van der Waals surface area contributed by atoms with Crippen LogP contribution in [-0.2, 0) is 17.8 Å².